The van der Waals surface area contributed by atoms with Gasteiger partial charge in [0, 0.05) is 43.3 Å². The van der Waals surface area contributed by atoms with Gasteiger partial charge in [-0.05, 0) is 73.5 Å². The van der Waals surface area contributed by atoms with Crippen LogP contribution in [0.1, 0.15) is 53.3 Å². The van der Waals surface area contributed by atoms with Crippen molar-refractivity contribution in [3.05, 3.63) is 81.6 Å². The predicted molar refractivity (Wildman–Crippen MR) is 191 cm³/mol. The number of hydrogen-bond donors (Lipinski definition) is 2. The number of aliphatic hydroxyl groups excluding tert-OH is 1. The lowest BCUT2D eigenvalue weighted by Crippen LogP contribution is -2.26. The summed E-state index contributed by atoms with van der Waals surface area (Å²) in [7, 11) is 1.55. The summed E-state index contributed by atoms with van der Waals surface area (Å²) in [4.78, 5) is 29.7. The Morgan fingerprint density at radius 3 is 2.49 bits per heavy atom. The van der Waals surface area contributed by atoms with E-state index in [9.17, 15) is 28.2 Å². The Balaban J connectivity index is 1.15. The second kappa shape index (κ2) is 13.7. The van der Waals surface area contributed by atoms with Crippen molar-refractivity contribution in [3.8, 4) is 39.7 Å². The lowest BCUT2D eigenvalue weighted by molar-refractivity contribution is -0.141. The number of methoxy groups -OCH3 is 1. The van der Waals surface area contributed by atoms with Gasteiger partial charge in [0.15, 0.2) is 5.58 Å². The summed E-state index contributed by atoms with van der Waals surface area (Å²) in [5, 5.41) is 19.7. The fourth-order valence-corrected chi connectivity index (χ4v) is 8.58. The lowest BCUT2D eigenvalue weighted by atomic mass is 9.94. The Morgan fingerprint density at radius 1 is 1.04 bits per heavy atom. The first kappa shape index (κ1) is 35.5. The molecule has 0 spiro atoms. The fraction of sp³-hybridized carbons (Fsp3) is 0.385. The van der Waals surface area contributed by atoms with Crippen LogP contribution < -0.4 is 4.74 Å². The quantitative estimate of drug-likeness (QED) is 0.164. The summed E-state index contributed by atoms with van der Waals surface area (Å²) < 4.78 is 55.9. The van der Waals surface area contributed by atoms with E-state index in [2.05, 4.69) is 14.9 Å². The van der Waals surface area contributed by atoms with Crippen molar-refractivity contribution in [2.24, 2.45) is 5.92 Å². The van der Waals surface area contributed by atoms with Crippen LogP contribution in [0.2, 0.25) is 5.02 Å². The molecular formula is C39H37ClF3N5O5. The number of carboxylic acids is 1. The van der Waals surface area contributed by atoms with E-state index in [1.165, 1.54) is 0 Å². The highest BCUT2D eigenvalue weighted by Crippen LogP contribution is 2.49. The first-order valence-corrected chi connectivity index (χ1v) is 18.0. The molecule has 2 N–H and O–H groups in total. The van der Waals surface area contributed by atoms with Gasteiger partial charge in [-0.25, -0.2) is 9.97 Å². The van der Waals surface area contributed by atoms with Crippen molar-refractivity contribution in [1.82, 2.24) is 24.8 Å². The zero-order valence-corrected chi connectivity index (χ0v) is 29.8. The van der Waals surface area contributed by atoms with Gasteiger partial charge in [-0.3, -0.25) is 19.6 Å². The molecule has 53 heavy (non-hydrogen) atoms. The number of aliphatic carboxylic acids is 1. The van der Waals surface area contributed by atoms with Gasteiger partial charge in [0.05, 0.1) is 41.6 Å². The van der Waals surface area contributed by atoms with Crippen molar-refractivity contribution in [2.45, 2.75) is 57.5 Å². The number of β-amino-alcohol motifs (C(OH)–C–C–N with tert-alkyl or cyclic N) is 1. The van der Waals surface area contributed by atoms with E-state index in [4.69, 9.17) is 25.7 Å². The molecule has 10 nitrogen and oxygen atoms in total. The number of oxazole rings is 1. The smallest absolute Gasteiger partial charge is 0.420 e. The average Bonchev–Trinajstić information content (AvgIpc) is 3.94. The molecule has 0 amide bonds. The molecule has 14 heteroatoms. The number of fused-ring (bicyclic) bond motifs is 2. The monoisotopic (exact) mass is 747 g/mol. The minimum Gasteiger partial charge on any atom is -0.481 e. The van der Waals surface area contributed by atoms with E-state index in [-0.39, 0.29) is 46.1 Å². The SMILES string of the molecule is COc1nc(-c2cccc(-c3cccc(-c4nc5cc6c(c(C(F)(F)F)c5o4)CC[C@H]6N4CC[C@@H](C(=O)O)C4)c3Cl)c2C)cnc1CN1CC[C@@H](O)C1. The second-order valence-electron chi connectivity index (χ2n) is 14.1. The molecule has 8 rings (SSSR count). The molecule has 2 saturated heterocycles. The van der Waals surface area contributed by atoms with Gasteiger partial charge < -0.3 is 19.4 Å². The highest BCUT2D eigenvalue weighted by Gasteiger charge is 2.44. The van der Waals surface area contributed by atoms with Gasteiger partial charge in [0.1, 0.15) is 16.8 Å². The molecule has 0 unspecified atom stereocenters. The molecule has 3 aliphatic rings. The Kier molecular flexibility index (Phi) is 9.16. The molecule has 276 valence electrons. The van der Waals surface area contributed by atoms with Crippen LogP contribution in [-0.2, 0) is 23.9 Å². The van der Waals surface area contributed by atoms with E-state index >= 15 is 0 Å². The summed E-state index contributed by atoms with van der Waals surface area (Å²) in [6.45, 7) is 4.57. The number of rotatable bonds is 8. The number of hydrogen-bond acceptors (Lipinski definition) is 9. The fourth-order valence-electron chi connectivity index (χ4n) is 8.27. The second-order valence-corrected chi connectivity index (χ2v) is 14.5. The third-order valence-corrected chi connectivity index (χ3v) is 11.3. The predicted octanol–water partition coefficient (Wildman–Crippen LogP) is 7.57. The molecule has 0 saturated carbocycles. The number of halogens is 4. The maximum absolute atomic E-state index is 14.8. The standard InChI is InChI=1S/C39H37ClF3N5O5/c1-20-23(5-3-6-24(20)30-16-44-31(37(46-30)52-2)19-47-13-12-22(49)18-47)26-7-4-8-27(34(26)40)36-45-29-15-28-25(33(35(29)53-36)39(41,42)43)9-10-32(28)48-14-11-21(17-48)38(50)51/h3-8,15-16,21-22,32,49H,9-14,17-19H2,1-2H3,(H,50,51)/t21-,22-,32-/m1/s1. The van der Waals surface area contributed by atoms with Gasteiger partial charge in [0.2, 0.25) is 11.8 Å². The van der Waals surface area contributed by atoms with Crippen LogP contribution in [0.5, 0.6) is 5.88 Å². The Bertz CT molecular complexity index is 2240. The number of aliphatic hydroxyl groups is 1. The van der Waals surface area contributed by atoms with E-state index in [0.717, 1.165) is 23.2 Å². The van der Waals surface area contributed by atoms with Crippen molar-refractivity contribution in [3.63, 3.8) is 0 Å². The number of nitrogens with zero attached hydrogens (tertiary/aromatic N) is 5. The minimum absolute atomic E-state index is 0.0322. The first-order valence-electron chi connectivity index (χ1n) is 17.6. The van der Waals surface area contributed by atoms with Gasteiger partial charge in [-0.1, -0.05) is 41.9 Å². The van der Waals surface area contributed by atoms with Crippen molar-refractivity contribution >= 4 is 28.7 Å². The first-order chi connectivity index (χ1) is 25.4. The number of ether oxygens (including phenoxy) is 1. The number of carbonyl (C=O) groups is 1. The summed E-state index contributed by atoms with van der Waals surface area (Å²) in [5.41, 5.74) is 4.26. The van der Waals surface area contributed by atoms with Crippen molar-refractivity contribution in [2.75, 3.05) is 33.3 Å². The molecule has 3 aromatic carbocycles. The minimum atomic E-state index is -4.70. The van der Waals surface area contributed by atoms with Crippen LogP contribution in [0.3, 0.4) is 0 Å². The number of carboxylic acid groups (broad SMARTS) is 1. The van der Waals surface area contributed by atoms with E-state index in [1.807, 2.05) is 36.1 Å². The maximum atomic E-state index is 14.8. The summed E-state index contributed by atoms with van der Waals surface area (Å²) in [6.07, 6.45) is -1.53. The molecule has 2 fully saturated rings. The molecular weight excluding hydrogens is 711 g/mol. The molecule has 1 aliphatic carbocycles. The van der Waals surface area contributed by atoms with Crippen LogP contribution in [0.25, 0.3) is 44.9 Å². The van der Waals surface area contributed by atoms with Crippen LogP contribution >= 0.6 is 11.6 Å². The molecule has 2 aliphatic heterocycles. The van der Waals surface area contributed by atoms with Crippen LogP contribution in [0.4, 0.5) is 13.2 Å². The summed E-state index contributed by atoms with van der Waals surface area (Å²) in [6, 6.07) is 12.3. The van der Waals surface area contributed by atoms with E-state index in [1.54, 1.807) is 31.5 Å². The molecule has 4 heterocycles. The number of likely N-dealkylation sites (tertiary alicyclic amines) is 2. The summed E-state index contributed by atoms with van der Waals surface area (Å²) in [5.74, 6) is -1.07. The van der Waals surface area contributed by atoms with Crippen LogP contribution in [0, 0.1) is 12.8 Å². The third-order valence-electron chi connectivity index (χ3n) is 10.9. The van der Waals surface area contributed by atoms with Crippen molar-refractivity contribution < 1.29 is 37.3 Å². The third kappa shape index (κ3) is 6.43. The topological polar surface area (TPSA) is 125 Å². The highest BCUT2D eigenvalue weighted by atomic mass is 35.5. The van der Waals surface area contributed by atoms with E-state index in [0.29, 0.717) is 79.4 Å². The largest absolute Gasteiger partial charge is 0.481 e. The van der Waals surface area contributed by atoms with Gasteiger partial charge in [-0.2, -0.15) is 13.2 Å². The summed E-state index contributed by atoms with van der Waals surface area (Å²) >= 11 is 7.07. The maximum Gasteiger partial charge on any atom is 0.420 e. The normalized spacial score (nSPS) is 20.8. The zero-order chi connectivity index (χ0) is 37.2. The number of aromatic nitrogens is 3. The Hall–Kier alpha value is -4.56. The molecule has 5 aromatic rings. The molecule has 3 atom stereocenters. The molecule has 2 aromatic heterocycles. The lowest BCUT2D eigenvalue weighted by Gasteiger charge is -2.25. The highest BCUT2D eigenvalue weighted by molar-refractivity contribution is 6.36. The number of benzene rings is 3. The zero-order valence-electron chi connectivity index (χ0n) is 29.1. The van der Waals surface area contributed by atoms with Gasteiger partial charge in [-0.15, -0.1) is 0 Å². The Morgan fingerprint density at radius 2 is 1.79 bits per heavy atom. The average molecular weight is 748 g/mol. The molecule has 0 bridgehead atoms. The van der Waals surface area contributed by atoms with Crippen LogP contribution in [0.15, 0.2) is 53.1 Å². The Labute approximate surface area is 308 Å². The van der Waals surface area contributed by atoms with E-state index < -0.39 is 23.6 Å². The number of alkyl halides is 3. The van der Waals surface area contributed by atoms with Crippen molar-refractivity contribution in [1.29, 1.82) is 0 Å². The van der Waals surface area contributed by atoms with Crippen LogP contribution in [-0.4, -0.2) is 80.3 Å². The van der Waals surface area contributed by atoms with Gasteiger partial charge >= 0.3 is 12.1 Å². The van der Waals surface area contributed by atoms with Gasteiger partial charge in [0.25, 0.3) is 0 Å². The molecule has 0 radical (unpaired) electrons.